The molecule has 23 heavy (non-hydrogen) atoms. The SMILES string of the molecule is CCCCCN[N+]12C(=O)C[C@H]1SCC(COC(C)=O)=C2C(=O)O. The molecular formula is C15H23N2O5S+. The van der Waals surface area contributed by atoms with Crippen LogP contribution in [-0.2, 0) is 19.1 Å². The fourth-order valence-corrected chi connectivity index (χ4v) is 4.33. The molecule has 0 aromatic rings. The smallest absolute Gasteiger partial charge is 0.393 e. The van der Waals surface area contributed by atoms with Gasteiger partial charge in [0.2, 0.25) is 5.70 Å². The first kappa shape index (κ1) is 18.0. The lowest BCUT2D eigenvalue weighted by molar-refractivity contribution is -0.895. The molecule has 2 heterocycles. The van der Waals surface area contributed by atoms with Crippen molar-refractivity contribution >= 4 is 29.6 Å². The van der Waals surface area contributed by atoms with E-state index in [1.54, 1.807) is 0 Å². The van der Waals surface area contributed by atoms with E-state index in [0.29, 0.717) is 24.3 Å². The fraction of sp³-hybridized carbons (Fsp3) is 0.667. The molecule has 0 saturated carbocycles. The van der Waals surface area contributed by atoms with Crippen molar-refractivity contribution in [3.05, 3.63) is 11.3 Å². The van der Waals surface area contributed by atoms with Gasteiger partial charge in [-0.25, -0.2) is 9.59 Å². The van der Waals surface area contributed by atoms with Crippen molar-refractivity contribution in [3.63, 3.8) is 0 Å². The third-order valence-corrected chi connectivity index (χ3v) is 5.49. The number of carboxylic acid groups (broad SMARTS) is 1. The Morgan fingerprint density at radius 2 is 2.17 bits per heavy atom. The summed E-state index contributed by atoms with van der Waals surface area (Å²) in [6, 6.07) is 0. The maximum Gasteiger partial charge on any atom is 0.393 e. The van der Waals surface area contributed by atoms with Crippen molar-refractivity contribution in [3.8, 4) is 0 Å². The Kier molecular flexibility index (Phi) is 5.83. The maximum atomic E-state index is 12.3. The number of unbranched alkanes of at least 4 members (excludes halogenated alkanes) is 2. The van der Waals surface area contributed by atoms with Gasteiger partial charge in [-0.2, -0.15) is 5.43 Å². The van der Waals surface area contributed by atoms with E-state index in [4.69, 9.17) is 4.74 Å². The number of carbonyl (C=O) groups is 3. The Hall–Kier alpha value is -1.38. The molecule has 2 rings (SSSR count). The van der Waals surface area contributed by atoms with Crippen molar-refractivity contribution in [2.24, 2.45) is 0 Å². The first-order valence-electron chi connectivity index (χ1n) is 7.81. The minimum Gasteiger partial charge on any atom is -0.474 e. The number of nitrogens with zero attached hydrogens (tertiary/aromatic N) is 1. The summed E-state index contributed by atoms with van der Waals surface area (Å²) in [6.45, 7) is 3.86. The number of thioether (sulfide) groups is 1. The summed E-state index contributed by atoms with van der Waals surface area (Å²) in [5.74, 6) is -1.28. The fourth-order valence-electron chi connectivity index (χ4n) is 2.93. The zero-order valence-electron chi connectivity index (χ0n) is 13.5. The van der Waals surface area contributed by atoms with Gasteiger partial charge in [0.1, 0.15) is 13.0 Å². The molecule has 1 fully saturated rings. The molecular weight excluding hydrogens is 320 g/mol. The molecule has 2 aliphatic heterocycles. The lowest BCUT2D eigenvalue weighted by atomic mass is 10.1. The summed E-state index contributed by atoms with van der Waals surface area (Å²) in [6.07, 6.45) is 3.31. The number of carboxylic acids is 1. The predicted molar refractivity (Wildman–Crippen MR) is 85.0 cm³/mol. The number of quaternary nitrogens is 1. The Morgan fingerprint density at radius 3 is 2.74 bits per heavy atom. The van der Waals surface area contributed by atoms with Crippen LogP contribution in [0.5, 0.6) is 0 Å². The number of rotatable bonds is 8. The van der Waals surface area contributed by atoms with Crippen LogP contribution in [0.1, 0.15) is 39.5 Å². The summed E-state index contributed by atoms with van der Waals surface area (Å²) in [7, 11) is 0. The number of hydrogen-bond acceptors (Lipinski definition) is 6. The molecule has 0 bridgehead atoms. The van der Waals surface area contributed by atoms with Gasteiger partial charge in [-0.15, -0.1) is 4.59 Å². The minimum atomic E-state index is -1.13. The molecule has 0 aromatic carbocycles. The van der Waals surface area contributed by atoms with Crippen molar-refractivity contribution in [1.29, 1.82) is 0 Å². The summed E-state index contributed by atoms with van der Waals surface area (Å²) < 4.78 is 4.65. The third-order valence-electron chi connectivity index (χ3n) is 4.11. The van der Waals surface area contributed by atoms with Crippen LogP contribution in [0.15, 0.2) is 11.3 Å². The van der Waals surface area contributed by atoms with Crippen molar-refractivity contribution < 1.29 is 28.8 Å². The van der Waals surface area contributed by atoms with Crippen LogP contribution in [0.3, 0.4) is 0 Å². The normalized spacial score (nSPS) is 26.5. The van der Waals surface area contributed by atoms with Crippen molar-refractivity contribution in [2.75, 3.05) is 18.9 Å². The monoisotopic (exact) mass is 343 g/mol. The highest BCUT2D eigenvalue weighted by atomic mass is 32.2. The molecule has 2 aliphatic rings. The van der Waals surface area contributed by atoms with Gasteiger partial charge in [-0.1, -0.05) is 31.5 Å². The zero-order chi connectivity index (χ0) is 17.0. The van der Waals surface area contributed by atoms with E-state index in [1.807, 2.05) is 0 Å². The molecule has 128 valence electrons. The van der Waals surface area contributed by atoms with E-state index in [-0.39, 0.29) is 28.2 Å². The van der Waals surface area contributed by atoms with Gasteiger partial charge in [0.25, 0.3) is 0 Å². The van der Waals surface area contributed by atoms with E-state index >= 15 is 0 Å². The van der Waals surface area contributed by atoms with Gasteiger partial charge < -0.3 is 9.84 Å². The molecule has 2 atom stereocenters. The zero-order valence-corrected chi connectivity index (χ0v) is 14.3. The second-order valence-electron chi connectivity index (χ2n) is 5.74. The molecule has 2 N–H and O–H groups in total. The van der Waals surface area contributed by atoms with Crippen LogP contribution in [0.2, 0.25) is 0 Å². The third kappa shape index (κ3) is 3.44. The number of carbonyl (C=O) groups excluding carboxylic acids is 2. The number of nitrogens with one attached hydrogen (secondary N) is 1. The Bertz CT molecular complexity index is 548. The summed E-state index contributed by atoms with van der Waals surface area (Å²) in [4.78, 5) is 35.2. The van der Waals surface area contributed by atoms with Crippen LogP contribution >= 0.6 is 11.8 Å². The first-order valence-corrected chi connectivity index (χ1v) is 8.86. The van der Waals surface area contributed by atoms with Crippen LogP contribution in [-0.4, -0.2) is 51.8 Å². The number of hydrogen-bond donors (Lipinski definition) is 2. The van der Waals surface area contributed by atoms with Gasteiger partial charge in [-0.05, 0) is 6.42 Å². The predicted octanol–water partition coefficient (Wildman–Crippen LogP) is 1.40. The Labute approximate surface area is 139 Å². The Balaban J connectivity index is 2.28. The second kappa shape index (κ2) is 7.46. The van der Waals surface area contributed by atoms with Crippen molar-refractivity contribution in [2.45, 2.75) is 44.9 Å². The van der Waals surface area contributed by atoms with Crippen molar-refractivity contribution in [1.82, 2.24) is 5.43 Å². The summed E-state index contributed by atoms with van der Waals surface area (Å²) >= 11 is 1.54. The average molecular weight is 343 g/mol. The van der Waals surface area contributed by atoms with Gasteiger partial charge in [0.15, 0.2) is 5.37 Å². The van der Waals surface area contributed by atoms with Gasteiger partial charge in [-0.3, -0.25) is 4.79 Å². The van der Waals surface area contributed by atoms with E-state index in [0.717, 1.165) is 19.3 Å². The lowest BCUT2D eigenvalue weighted by Gasteiger charge is -2.49. The standard InChI is InChI=1S/C15H22N2O5S/c1-3-4-5-6-16-17-12(19)7-13(17)23-9-11(8-22-10(2)18)14(17)15(20)21/h13,16H,3-9H2,1-2H3/p+1/t13-,17?/m1/s1. The van der Waals surface area contributed by atoms with E-state index in [1.165, 1.54) is 18.7 Å². The largest absolute Gasteiger partial charge is 0.474 e. The number of amides is 1. The van der Waals surface area contributed by atoms with Crippen LogP contribution in [0.25, 0.3) is 0 Å². The maximum absolute atomic E-state index is 12.3. The lowest BCUT2D eigenvalue weighted by Crippen LogP contribution is -2.75. The molecule has 1 saturated heterocycles. The van der Waals surface area contributed by atoms with Gasteiger partial charge >= 0.3 is 17.8 Å². The van der Waals surface area contributed by atoms with E-state index < -0.39 is 11.9 Å². The van der Waals surface area contributed by atoms with Gasteiger partial charge in [0, 0.05) is 24.8 Å². The molecule has 0 aliphatic carbocycles. The minimum absolute atomic E-state index is 0.0303. The summed E-state index contributed by atoms with van der Waals surface area (Å²) in [5.41, 5.74) is 3.68. The summed E-state index contributed by atoms with van der Waals surface area (Å²) in [5, 5.41) is 9.55. The Morgan fingerprint density at radius 1 is 1.43 bits per heavy atom. The van der Waals surface area contributed by atoms with Crippen LogP contribution in [0, 0.1) is 0 Å². The molecule has 0 spiro atoms. The number of β-lactam (4-membered cyclic amide) rings is 1. The topological polar surface area (TPSA) is 92.7 Å². The molecule has 1 unspecified atom stereocenters. The highest BCUT2D eigenvalue weighted by molar-refractivity contribution is 8.00. The quantitative estimate of drug-likeness (QED) is 0.298. The average Bonchev–Trinajstić information content (AvgIpc) is 2.49. The molecule has 0 aromatic heterocycles. The van der Waals surface area contributed by atoms with E-state index in [9.17, 15) is 19.5 Å². The number of ether oxygens (including phenoxy) is 1. The number of aliphatic carboxylic acids is 1. The van der Waals surface area contributed by atoms with Crippen LogP contribution in [0.4, 0.5) is 0 Å². The molecule has 1 amide bonds. The van der Waals surface area contributed by atoms with E-state index in [2.05, 4.69) is 12.3 Å². The molecule has 0 radical (unpaired) electrons. The highest BCUT2D eigenvalue weighted by Gasteiger charge is 2.64. The van der Waals surface area contributed by atoms with Crippen LogP contribution < -0.4 is 5.43 Å². The highest BCUT2D eigenvalue weighted by Crippen LogP contribution is 2.46. The molecule has 8 heteroatoms. The molecule has 7 nitrogen and oxygen atoms in total. The number of esters is 1. The number of fused-ring (bicyclic) bond motifs is 1. The first-order chi connectivity index (χ1) is 10.9. The second-order valence-corrected chi connectivity index (χ2v) is 6.91. The van der Waals surface area contributed by atoms with Gasteiger partial charge in [0.05, 0.1) is 0 Å².